The Hall–Kier alpha value is -5.20. The molecular weight excluding hydrogens is 620 g/mol. The zero-order valence-electron chi connectivity index (χ0n) is 25.2. The molecule has 0 unspecified atom stereocenters. The molecule has 4 aromatic rings. The van der Waals surface area contributed by atoms with Crippen molar-refractivity contribution in [2.45, 2.75) is 38.0 Å². The minimum Gasteiger partial charge on any atom is -0.420 e. The van der Waals surface area contributed by atoms with Crippen LogP contribution in [0.15, 0.2) is 42.2 Å². The molecule has 4 aliphatic rings. The molecule has 2 aliphatic heterocycles. The van der Waals surface area contributed by atoms with E-state index in [1.54, 1.807) is 29.2 Å². The molecule has 1 N–H and O–H groups in total. The predicted molar refractivity (Wildman–Crippen MR) is 159 cm³/mol. The number of carbonyl (C=O) groups is 4. The molecule has 47 heavy (non-hydrogen) atoms. The van der Waals surface area contributed by atoms with E-state index in [1.807, 2.05) is 24.7 Å². The van der Waals surface area contributed by atoms with Crippen LogP contribution in [0, 0.1) is 36.1 Å². The fraction of sp³-hybridized carbons (Fsp3) is 0.294. The number of ketones is 1. The fourth-order valence-electron chi connectivity index (χ4n) is 7.87. The molecule has 2 amide bonds. The summed E-state index contributed by atoms with van der Waals surface area (Å²) in [6.07, 6.45) is 3.96. The Balaban J connectivity index is 0.995. The SMILES string of the molecule is Cc1cn(C)c2c1[C@@]13C[C@@H]1CN(C(=O)c1cc4c5c(ccc4[nH]1)N(C(=O)CCC(=O)Oc1c(F)c(F)cc(F)c1F)CC5)C3=CC2=O. The lowest BCUT2D eigenvalue weighted by Crippen LogP contribution is -2.34. The van der Waals surface area contributed by atoms with Crippen LogP contribution in [-0.4, -0.2) is 51.1 Å². The van der Waals surface area contributed by atoms with Crippen LogP contribution in [0.1, 0.15) is 56.9 Å². The summed E-state index contributed by atoms with van der Waals surface area (Å²) >= 11 is 0. The molecule has 2 atom stereocenters. The second kappa shape index (κ2) is 9.90. The van der Waals surface area contributed by atoms with E-state index in [9.17, 15) is 36.7 Å². The summed E-state index contributed by atoms with van der Waals surface area (Å²) in [6.45, 7) is 2.80. The van der Waals surface area contributed by atoms with Gasteiger partial charge in [0.25, 0.3) is 5.91 Å². The number of anilines is 1. The van der Waals surface area contributed by atoms with Gasteiger partial charge in [0.05, 0.1) is 12.1 Å². The third-order valence-electron chi connectivity index (χ3n) is 9.95. The van der Waals surface area contributed by atoms with Gasteiger partial charge in [-0.2, -0.15) is 8.78 Å². The van der Waals surface area contributed by atoms with Crippen molar-refractivity contribution in [1.29, 1.82) is 0 Å². The molecule has 2 aromatic carbocycles. The Bertz CT molecular complexity index is 2140. The normalized spacial score (nSPS) is 20.6. The molecule has 4 heterocycles. The lowest BCUT2D eigenvalue weighted by Gasteiger charge is -2.28. The Labute approximate surface area is 264 Å². The number of hydrogen-bond acceptors (Lipinski definition) is 5. The molecule has 0 bridgehead atoms. The number of nitrogens with one attached hydrogen (secondary N) is 1. The molecular formula is C34H26F4N4O5. The van der Waals surface area contributed by atoms with E-state index in [1.165, 1.54) is 4.90 Å². The average molecular weight is 647 g/mol. The van der Waals surface area contributed by atoms with Gasteiger partial charge in [0.2, 0.25) is 29.1 Å². The predicted octanol–water partition coefficient (Wildman–Crippen LogP) is 5.14. The highest BCUT2D eigenvalue weighted by molar-refractivity contribution is 6.10. The van der Waals surface area contributed by atoms with E-state index in [2.05, 4.69) is 9.72 Å². The van der Waals surface area contributed by atoms with E-state index in [4.69, 9.17) is 0 Å². The number of aromatic nitrogens is 2. The second-order valence-corrected chi connectivity index (χ2v) is 12.6. The first kappa shape index (κ1) is 29.2. The van der Waals surface area contributed by atoms with Crippen LogP contribution in [0.2, 0.25) is 0 Å². The van der Waals surface area contributed by atoms with Gasteiger partial charge in [0.1, 0.15) is 5.69 Å². The Morgan fingerprint density at radius 3 is 2.53 bits per heavy atom. The lowest BCUT2D eigenvalue weighted by molar-refractivity contribution is -0.136. The summed E-state index contributed by atoms with van der Waals surface area (Å²) in [5.74, 6) is -10.5. The van der Waals surface area contributed by atoms with Crippen LogP contribution in [0.5, 0.6) is 5.75 Å². The molecule has 1 spiro atoms. The van der Waals surface area contributed by atoms with Gasteiger partial charge in [-0.15, -0.1) is 0 Å². The number of halogens is 4. The Morgan fingerprint density at radius 2 is 1.79 bits per heavy atom. The number of likely N-dealkylation sites (tertiary alicyclic amines) is 1. The number of fused-ring (bicyclic) bond motifs is 4. The van der Waals surface area contributed by atoms with Crippen molar-refractivity contribution in [2.24, 2.45) is 13.0 Å². The molecule has 2 fully saturated rings. The van der Waals surface area contributed by atoms with Gasteiger partial charge in [-0.05, 0) is 60.6 Å². The quantitative estimate of drug-likeness (QED) is 0.140. The van der Waals surface area contributed by atoms with E-state index >= 15 is 0 Å². The van der Waals surface area contributed by atoms with Crippen LogP contribution >= 0.6 is 0 Å². The molecule has 1 saturated heterocycles. The standard InChI is InChI=1S/C34H26F4N4O5/c1-15-13-40(2)31-24(43)11-25-34(28(15)31)12-16(34)14-42(25)33(46)22-9-18-17-7-8-41(23(17)4-3-21(18)39-22)26(44)5-6-27(45)47-32-29(37)19(35)10-20(36)30(32)38/h3-4,9-11,13,16,39H,5-8,12,14H2,1-2H3/t16-,34+/m1/s1. The number of hydrogen-bond donors (Lipinski definition) is 1. The first-order valence-corrected chi connectivity index (χ1v) is 15.1. The molecule has 8 rings (SSSR count). The summed E-state index contributed by atoms with van der Waals surface area (Å²) in [6, 6.07) is 5.23. The van der Waals surface area contributed by atoms with Crippen LogP contribution in [-0.2, 0) is 28.5 Å². The van der Waals surface area contributed by atoms with Crippen molar-refractivity contribution in [3.63, 3.8) is 0 Å². The van der Waals surface area contributed by atoms with Gasteiger partial charge in [0, 0.05) is 72.6 Å². The van der Waals surface area contributed by atoms with E-state index in [0.717, 1.165) is 34.2 Å². The number of carbonyl (C=O) groups excluding carboxylic acids is 4. The van der Waals surface area contributed by atoms with E-state index in [-0.39, 0.29) is 35.5 Å². The van der Waals surface area contributed by atoms with E-state index < -0.39 is 47.3 Å². The molecule has 2 aromatic heterocycles. The first-order chi connectivity index (χ1) is 22.4. The lowest BCUT2D eigenvalue weighted by atomic mass is 9.83. The number of amides is 2. The van der Waals surface area contributed by atoms with Gasteiger partial charge in [-0.3, -0.25) is 19.2 Å². The molecule has 240 valence electrons. The summed E-state index contributed by atoms with van der Waals surface area (Å²) in [5, 5.41) is 0.758. The highest BCUT2D eigenvalue weighted by Gasteiger charge is 2.68. The number of nitrogens with zero attached hydrogens (tertiary/aromatic N) is 3. The number of ether oxygens (including phenoxy) is 1. The Kier molecular flexibility index (Phi) is 6.15. The number of rotatable bonds is 5. The van der Waals surface area contributed by atoms with Crippen molar-refractivity contribution in [2.75, 3.05) is 18.0 Å². The number of esters is 1. The molecule has 2 aliphatic carbocycles. The molecule has 9 nitrogen and oxygen atoms in total. The number of allylic oxidation sites excluding steroid dienone is 2. The number of aromatic amines is 1. The van der Waals surface area contributed by atoms with Crippen LogP contribution in [0.25, 0.3) is 10.9 Å². The van der Waals surface area contributed by atoms with Crippen molar-refractivity contribution < 1.29 is 41.5 Å². The molecule has 13 heteroatoms. The topological polar surface area (TPSA) is 105 Å². The minimum atomic E-state index is -1.85. The Morgan fingerprint density at radius 1 is 1.04 bits per heavy atom. The van der Waals surface area contributed by atoms with Gasteiger partial charge in [0.15, 0.2) is 11.6 Å². The highest BCUT2D eigenvalue weighted by atomic mass is 19.2. The summed E-state index contributed by atoms with van der Waals surface area (Å²) in [7, 11) is 1.86. The number of benzene rings is 2. The van der Waals surface area contributed by atoms with Crippen molar-refractivity contribution in [1.82, 2.24) is 14.5 Å². The largest absolute Gasteiger partial charge is 0.420 e. The van der Waals surface area contributed by atoms with Gasteiger partial charge in [-0.25, -0.2) is 8.78 Å². The van der Waals surface area contributed by atoms with Crippen molar-refractivity contribution >= 4 is 40.2 Å². The fourth-order valence-corrected chi connectivity index (χ4v) is 7.87. The number of piperidine rings is 1. The minimum absolute atomic E-state index is 0.00321. The van der Waals surface area contributed by atoms with Crippen molar-refractivity contribution in [3.05, 3.63) is 93.6 Å². The summed E-state index contributed by atoms with van der Waals surface area (Å²) in [4.78, 5) is 58.8. The third kappa shape index (κ3) is 4.07. The molecule has 1 saturated carbocycles. The monoisotopic (exact) mass is 646 g/mol. The van der Waals surface area contributed by atoms with Gasteiger partial charge >= 0.3 is 5.97 Å². The maximum Gasteiger partial charge on any atom is 0.311 e. The number of aryl methyl sites for hydroxylation is 2. The van der Waals surface area contributed by atoms with Crippen LogP contribution < -0.4 is 9.64 Å². The zero-order chi connectivity index (χ0) is 33.1. The average Bonchev–Trinajstić information content (AvgIpc) is 3.44. The maximum absolute atomic E-state index is 13.9. The van der Waals surface area contributed by atoms with Crippen LogP contribution in [0.4, 0.5) is 23.2 Å². The number of H-pyrrole nitrogens is 1. The smallest absolute Gasteiger partial charge is 0.311 e. The van der Waals surface area contributed by atoms with Gasteiger partial charge in [-0.1, -0.05) is 0 Å². The summed E-state index contributed by atoms with van der Waals surface area (Å²) in [5.41, 5.74) is 5.65. The van der Waals surface area contributed by atoms with Crippen LogP contribution in [0.3, 0.4) is 0 Å². The van der Waals surface area contributed by atoms with Crippen molar-refractivity contribution in [3.8, 4) is 5.75 Å². The first-order valence-electron chi connectivity index (χ1n) is 15.1. The zero-order valence-corrected chi connectivity index (χ0v) is 25.2. The maximum atomic E-state index is 13.9. The highest BCUT2D eigenvalue weighted by Crippen LogP contribution is 2.67. The third-order valence-corrected chi connectivity index (χ3v) is 9.95. The van der Waals surface area contributed by atoms with E-state index in [0.29, 0.717) is 42.1 Å². The summed E-state index contributed by atoms with van der Waals surface area (Å²) < 4.78 is 61.0. The molecule has 0 radical (unpaired) electrons. The van der Waals surface area contributed by atoms with Gasteiger partial charge < -0.3 is 24.1 Å². The second-order valence-electron chi connectivity index (χ2n) is 12.6.